The van der Waals surface area contributed by atoms with Crippen LogP contribution in [-0.4, -0.2) is 38.7 Å². The Balaban J connectivity index is 1.07. The Morgan fingerprint density at radius 1 is 0.615 bits per heavy atom. The first-order valence-electron chi connectivity index (χ1n) is 18.8. The molecular formula is C46H48BN3O2. The van der Waals surface area contributed by atoms with Crippen LogP contribution in [0.2, 0.25) is 0 Å². The van der Waals surface area contributed by atoms with Crippen molar-refractivity contribution in [2.75, 3.05) is 0 Å². The first-order valence-corrected chi connectivity index (χ1v) is 18.8. The predicted molar refractivity (Wildman–Crippen MR) is 215 cm³/mol. The fourth-order valence-electron chi connectivity index (χ4n) is 8.33. The van der Waals surface area contributed by atoms with Crippen molar-refractivity contribution in [3.63, 3.8) is 0 Å². The van der Waals surface area contributed by atoms with Crippen LogP contribution >= 0.6 is 0 Å². The molecule has 1 N–H and O–H groups in total. The second-order valence-electron chi connectivity index (χ2n) is 16.6. The van der Waals surface area contributed by atoms with E-state index < -0.39 is 11.2 Å². The molecule has 1 heterocycles. The Bertz CT molecular complexity index is 2200. The number of hydrogen-bond acceptors (Lipinski definition) is 5. The van der Waals surface area contributed by atoms with Gasteiger partial charge in [0.05, 0.1) is 11.2 Å². The highest BCUT2D eigenvalue weighted by molar-refractivity contribution is 6.47. The van der Waals surface area contributed by atoms with Gasteiger partial charge in [0.25, 0.3) is 0 Å². The minimum Gasteiger partial charge on any atom is -0.427 e. The first-order chi connectivity index (χ1) is 24.9. The van der Waals surface area contributed by atoms with E-state index in [0.29, 0.717) is 30.4 Å². The molecule has 262 valence electrons. The summed E-state index contributed by atoms with van der Waals surface area (Å²) in [5.41, 5.74) is 6.44. The monoisotopic (exact) mass is 685 g/mol. The quantitative estimate of drug-likeness (QED) is 0.154. The van der Waals surface area contributed by atoms with Gasteiger partial charge >= 0.3 is 7.48 Å². The third-order valence-corrected chi connectivity index (χ3v) is 12.1. The molecule has 5 aromatic carbocycles. The molecular weight excluding hydrogens is 637 g/mol. The normalized spacial score (nSPS) is 20.3. The van der Waals surface area contributed by atoms with Crippen molar-refractivity contribution in [3.05, 3.63) is 121 Å². The van der Waals surface area contributed by atoms with E-state index in [0.717, 1.165) is 44.8 Å². The van der Waals surface area contributed by atoms with E-state index in [4.69, 9.17) is 19.6 Å². The lowest BCUT2D eigenvalue weighted by molar-refractivity contribution is -0.0893. The highest BCUT2D eigenvalue weighted by Crippen LogP contribution is 2.51. The Morgan fingerprint density at radius 2 is 1.12 bits per heavy atom. The van der Waals surface area contributed by atoms with Crippen molar-refractivity contribution in [2.24, 2.45) is 11.8 Å². The topological polar surface area (TPSA) is 68.1 Å². The van der Waals surface area contributed by atoms with E-state index in [1.165, 1.54) is 48.8 Å². The van der Waals surface area contributed by atoms with Gasteiger partial charge in [-0.25, -0.2) is 15.0 Å². The van der Waals surface area contributed by atoms with Gasteiger partial charge in [0.1, 0.15) is 0 Å². The molecule has 2 fully saturated rings. The molecule has 52 heavy (non-hydrogen) atoms. The average molecular weight is 686 g/mol. The lowest BCUT2D eigenvalue weighted by Crippen LogP contribution is -2.49. The summed E-state index contributed by atoms with van der Waals surface area (Å²) in [5, 5.41) is 12.7. The maximum absolute atomic E-state index is 10.5. The molecule has 0 radical (unpaired) electrons. The highest BCUT2D eigenvalue weighted by atomic mass is 16.5. The third kappa shape index (κ3) is 6.94. The minimum absolute atomic E-state index is 0.304. The standard InChI is InChI=1S/C46H48BN3O2/c1-44(2,51)45(3,4)52-47-40-24-21-36-26-38(18-17-37(36)27-40)43-49-41(34-9-7-6-8-10-34)48-42(50-43)35-15-13-32(14-16-35)33-19-22-39(23-20-33)46(5)28-30-11-12-31(25-30)29-46/h6-10,13-24,26-27,30-31,47,51H,11-12,25,28-29H2,1-5H3/t30-,31+,46?. The van der Waals surface area contributed by atoms with Gasteiger partial charge in [0.15, 0.2) is 17.5 Å². The number of aliphatic hydroxyl groups is 1. The van der Waals surface area contributed by atoms with E-state index in [2.05, 4.69) is 91.9 Å². The Kier molecular flexibility index (Phi) is 8.88. The second kappa shape index (κ2) is 13.4. The van der Waals surface area contributed by atoms with E-state index in [-0.39, 0.29) is 0 Å². The van der Waals surface area contributed by atoms with Gasteiger partial charge in [-0.15, -0.1) is 0 Å². The van der Waals surface area contributed by atoms with Gasteiger partial charge in [0, 0.05) is 16.7 Å². The highest BCUT2D eigenvalue weighted by Gasteiger charge is 2.41. The maximum atomic E-state index is 10.5. The molecule has 3 atom stereocenters. The molecule has 2 aliphatic rings. The number of aromatic nitrogens is 3. The molecule has 2 aliphatic carbocycles. The Morgan fingerprint density at radius 3 is 1.73 bits per heavy atom. The van der Waals surface area contributed by atoms with Gasteiger partial charge in [-0.1, -0.05) is 134 Å². The lowest BCUT2D eigenvalue weighted by Gasteiger charge is -2.38. The van der Waals surface area contributed by atoms with Crippen LogP contribution in [0.1, 0.15) is 72.3 Å². The average Bonchev–Trinajstić information content (AvgIpc) is 3.51. The summed E-state index contributed by atoms with van der Waals surface area (Å²) in [6.07, 6.45) is 6.94. The number of benzene rings is 5. The summed E-state index contributed by atoms with van der Waals surface area (Å²) in [6, 6.07) is 40.7. The zero-order valence-electron chi connectivity index (χ0n) is 31.1. The number of rotatable bonds is 9. The van der Waals surface area contributed by atoms with E-state index in [9.17, 15) is 5.11 Å². The summed E-state index contributed by atoms with van der Waals surface area (Å²) in [7, 11) is 0.413. The third-order valence-electron chi connectivity index (χ3n) is 12.1. The maximum Gasteiger partial charge on any atom is 0.309 e. The molecule has 1 unspecified atom stereocenters. The fourth-order valence-corrected chi connectivity index (χ4v) is 8.33. The molecule has 2 bridgehead atoms. The largest absolute Gasteiger partial charge is 0.427 e. The molecule has 0 aliphatic heterocycles. The zero-order valence-corrected chi connectivity index (χ0v) is 31.1. The SMILES string of the molecule is CC1(c2ccc(-c3ccc(-c4nc(-c5ccccc5)nc(-c5ccc6cc(BOC(C)(C)C(C)(C)O)ccc6c5)n4)cc3)cc2)C[C@@H]2CC[C@@H](C2)C1. The molecule has 2 saturated carbocycles. The summed E-state index contributed by atoms with van der Waals surface area (Å²) in [4.78, 5) is 15.0. The second-order valence-corrected chi connectivity index (χ2v) is 16.6. The smallest absolute Gasteiger partial charge is 0.309 e. The van der Waals surface area contributed by atoms with Crippen LogP contribution in [0.4, 0.5) is 0 Å². The Labute approximate surface area is 308 Å². The van der Waals surface area contributed by atoms with Gasteiger partial charge in [-0.2, -0.15) is 0 Å². The van der Waals surface area contributed by atoms with Crippen molar-refractivity contribution < 1.29 is 9.76 Å². The zero-order chi connectivity index (χ0) is 36.1. The van der Waals surface area contributed by atoms with Crippen LogP contribution < -0.4 is 5.46 Å². The number of nitrogens with zero attached hydrogens (tertiary/aromatic N) is 3. The Hall–Kier alpha value is -4.65. The fraction of sp³-hybridized carbons (Fsp3) is 0.326. The van der Waals surface area contributed by atoms with Gasteiger partial charge in [-0.05, 0) is 97.7 Å². The number of fused-ring (bicyclic) bond motifs is 3. The van der Waals surface area contributed by atoms with Crippen LogP contribution in [0.25, 0.3) is 56.1 Å². The van der Waals surface area contributed by atoms with Gasteiger partial charge in [-0.3, -0.25) is 0 Å². The summed E-state index contributed by atoms with van der Waals surface area (Å²) in [5.74, 6) is 3.75. The van der Waals surface area contributed by atoms with E-state index in [1.54, 1.807) is 13.8 Å². The summed E-state index contributed by atoms with van der Waals surface area (Å²) >= 11 is 0. The molecule has 6 heteroatoms. The summed E-state index contributed by atoms with van der Waals surface area (Å²) in [6.45, 7) is 9.87. The van der Waals surface area contributed by atoms with E-state index in [1.807, 2.05) is 44.2 Å². The van der Waals surface area contributed by atoms with Crippen molar-refractivity contribution in [3.8, 4) is 45.3 Å². The van der Waals surface area contributed by atoms with Crippen molar-refractivity contribution in [1.82, 2.24) is 15.0 Å². The van der Waals surface area contributed by atoms with Crippen LogP contribution in [0.15, 0.2) is 115 Å². The first kappa shape index (κ1) is 34.4. The number of hydrogen-bond donors (Lipinski definition) is 1. The van der Waals surface area contributed by atoms with E-state index >= 15 is 0 Å². The summed E-state index contributed by atoms with van der Waals surface area (Å²) < 4.78 is 6.13. The molecule has 6 aromatic rings. The van der Waals surface area contributed by atoms with Gasteiger partial charge in [0.2, 0.25) is 0 Å². The van der Waals surface area contributed by atoms with Crippen LogP contribution in [-0.2, 0) is 10.1 Å². The lowest BCUT2D eigenvalue weighted by atomic mass is 9.66. The van der Waals surface area contributed by atoms with Crippen molar-refractivity contribution in [1.29, 1.82) is 0 Å². The van der Waals surface area contributed by atoms with Crippen LogP contribution in [0, 0.1) is 11.8 Å². The van der Waals surface area contributed by atoms with Gasteiger partial charge < -0.3 is 9.76 Å². The van der Waals surface area contributed by atoms with Crippen molar-refractivity contribution in [2.45, 2.75) is 83.3 Å². The van der Waals surface area contributed by atoms with Crippen LogP contribution in [0.3, 0.4) is 0 Å². The van der Waals surface area contributed by atoms with Crippen LogP contribution in [0.5, 0.6) is 0 Å². The minimum atomic E-state index is -0.957. The molecule has 0 amide bonds. The molecule has 0 spiro atoms. The molecule has 8 rings (SSSR count). The molecule has 5 nitrogen and oxygen atoms in total. The van der Waals surface area contributed by atoms with Crippen molar-refractivity contribution >= 4 is 23.7 Å². The molecule has 1 aromatic heterocycles. The predicted octanol–water partition coefficient (Wildman–Crippen LogP) is 9.70. The molecule has 0 saturated heterocycles.